The standard InChI is InChI=1S/C13H16N4/c1-13(4-2-5-13)17-9-15-8-11(17)10-3-6-16-12(14)7-10/h3,6-9H,2,4-5H2,1H3,(H2,14,16). The monoisotopic (exact) mass is 228 g/mol. The Labute approximate surface area is 101 Å². The highest BCUT2D eigenvalue weighted by molar-refractivity contribution is 5.62. The van der Waals surface area contributed by atoms with Gasteiger partial charge in [-0.1, -0.05) is 0 Å². The largest absolute Gasteiger partial charge is 0.384 e. The molecule has 0 atom stereocenters. The van der Waals surface area contributed by atoms with Crippen LogP contribution in [0.25, 0.3) is 11.3 Å². The summed E-state index contributed by atoms with van der Waals surface area (Å²) >= 11 is 0. The SMILES string of the molecule is CC1(n2cncc2-c2ccnc(N)c2)CCC1. The fraction of sp³-hybridized carbons (Fsp3) is 0.385. The molecule has 2 N–H and O–H groups in total. The van der Waals surface area contributed by atoms with Gasteiger partial charge in [0.1, 0.15) is 5.82 Å². The van der Waals surface area contributed by atoms with Crippen LogP contribution in [0.4, 0.5) is 5.82 Å². The topological polar surface area (TPSA) is 56.7 Å². The molecular formula is C13H16N4. The van der Waals surface area contributed by atoms with E-state index in [2.05, 4.69) is 21.5 Å². The molecule has 1 saturated carbocycles. The zero-order valence-corrected chi connectivity index (χ0v) is 9.93. The second-order valence-corrected chi connectivity index (χ2v) is 4.97. The minimum Gasteiger partial charge on any atom is -0.384 e. The number of hydrogen-bond donors (Lipinski definition) is 1. The van der Waals surface area contributed by atoms with Gasteiger partial charge in [0.15, 0.2) is 0 Å². The Kier molecular flexibility index (Phi) is 2.18. The number of pyridine rings is 1. The van der Waals surface area contributed by atoms with Crippen molar-refractivity contribution in [1.82, 2.24) is 14.5 Å². The third-order valence-corrected chi connectivity index (χ3v) is 3.73. The number of imidazole rings is 1. The van der Waals surface area contributed by atoms with Gasteiger partial charge in [-0.15, -0.1) is 0 Å². The van der Waals surface area contributed by atoms with Crippen LogP contribution in [-0.4, -0.2) is 14.5 Å². The molecule has 4 nitrogen and oxygen atoms in total. The van der Waals surface area contributed by atoms with Crippen LogP contribution >= 0.6 is 0 Å². The summed E-state index contributed by atoms with van der Waals surface area (Å²) in [5, 5.41) is 0. The average Bonchev–Trinajstić information content (AvgIpc) is 2.75. The molecule has 0 aromatic carbocycles. The molecule has 2 aromatic rings. The number of hydrogen-bond acceptors (Lipinski definition) is 3. The average molecular weight is 228 g/mol. The van der Waals surface area contributed by atoms with E-state index in [9.17, 15) is 0 Å². The maximum absolute atomic E-state index is 5.73. The van der Waals surface area contributed by atoms with E-state index >= 15 is 0 Å². The van der Waals surface area contributed by atoms with Gasteiger partial charge in [0.25, 0.3) is 0 Å². The second-order valence-electron chi connectivity index (χ2n) is 4.97. The molecule has 0 bridgehead atoms. The second kappa shape index (κ2) is 3.58. The first kappa shape index (κ1) is 10.3. The maximum atomic E-state index is 5.73. The molecule has 3 rings (SSSR count). The molecule has 0 radical (unpaired) electrons. The van der Waals surface area contributed by atoms with Crippen LogP contribution in [0.15, 0.2) is 30.9 Å². The van der Waals surface area contributed by atoms with E-state index < -0.39 is 0 Å². The van der Waals surface area contributed by atoms with Crippen molar-refractivity contribution in [2.75, 3.05) is 5.73 Å². The molecule has 2 heterocycles. The van der Waals surface area contributed by atoms with Crippen molar-refractivity contribution < 1.29 is 0 Å². The number of nitrogen functional groups attached to an aromatic ring is 1. The molecule has 88 valence electrons. The first-order valence-electron chi connectivity index (χ1n) is 5.94. The van der Waals surface area contributed by atoms with Crippen LogP contribution in [0.1, 0.15) is 26.2 Å². The first-order chi connectivity index (χ1) is 8.19. The van der Waals surface area contributed by atoms with Gasteiger partial charge in [0.2, 0.25) is 0 Å². The number of nitrogens with zero attached hydrogens (tertiary/aromatic N) is 3. The molecular weight excluding hydrogens is 212 g/mol. The minimum atomic E-state index is 0.226. The van der Waals surface area contributed by atoms with E-state index in [0.29, 0.717) is 5.82 Å². The van der Waals surface area contributed by atoms with E-state index in [4.69, 9.17) is 5.73 Å². The quantitative estimate of drug-likeness (QED) is 0.858. The Balaban J connectivity index is 2.07. The van der Waals surface area contributed by atoms with Gasteiger partial charge < -0.3 is 10.3 Å². The highest BCUT2D eigenvalue weighted by Gasteiger charge is 2.34. The molecule has 0 aliphatic heterocycles. The van der Waals surface area contributed by atoms with Crippen molar-refractivity contribution in [1.29, 1.82) is 0 Å². The lowest BCUT2D eigenvalue weighted by molar-refractivity contribution is 0.170. The van der Waals surface area contributed by atoms with Gasteiger partial charge in [-0.05, 0) is 38.3 Å². The number of rotatable bonds is 2. The fourth-order valence-electron chi connectivity index (χ4n) is 2.48. The van der Waals surface area contributed by atoms with Crippen molar-refractivity contribution in [2.45, 2.75) is 31.7 Å². The van der Waals surface area contributed by atoms with E-state index in [-0.39, 0.29) is 5.54 Å². The molecule has 17 heavy (non-hydrogen) atoms. The smallest absolute Gasteiger partial charge is 0.123 e. The van der Waals surface area contributed by atoms with Gasteiger partial charge in [-0.3, -0.25) is 0 Å². The fourth-order valence-corrected chi connectivity index (χ4v) is 2.48. The summed E-state index contributed by atoms with van der Waals surface area (Å²) in [6.45, 7) is 2.28. The third-order valence-electron chi connectivity index (χ3n) is 3.73. The van der Waals surface area contributed by atoms with E-state index in [1.165, 1.54) is 19.3 Å². The van der Waals surface area contributed by atoms with Crippen molar-refractivity contribution in [3.05, 3.63) is 30.9 Å². The zero-order valence-electron chi connectivity index (χ0n) is 9.93. The predicted octanol–water partition coefficient (Wildman–Crippen LogP) is 2.43. The summed E-state index contributed by atoms with van der Waals surface area (Å²) in [5.41, 5.74) is 8.17. The van der Waals surface area contributed by atoms with Crippen LogP contribution in [-0.2, 0) is 5.54 Å². The number of aromatic nitrogens is 3. The molecule has 4 heteroatoms. The highest BCUT2D eigenvalue weighted by Crippen LogP contribution is 2.41. The van der Waals surface area contributed by atoms with Gasteiger partial charge in [-0.2, -0.15) is 0 Å². The predicted molar refractivity (Wildman–Crippen MR) is 67.4 cm³/mol. The van der Waals surface area contributed by atoms with Crippen molar-refractivity contribution >= 4 is 5.82 Å². The molecule has 1 aliphatic rings. The molecule has 0 saturated heterocycles. The lowest BCUT2D eigenvalue weighted by Crippen LogP contribution is -2.37. The molecule has 2 aromatic heterocycles. The third kappa shape index (κ3) is 1.60. The minimum absolute atomic E-state index is 0.226. The Morgan fingerprint density at radius 2 is 2.24 bits per heavy atom. The van der Waals surface area contributed by atoms with Crippen LogP contribution < -0.4 is 5.73 Å². The summed E-state index contributed by atoms with van der Waals surface area (Å²) in [6, 6.07) is 3.88. The summed E-state index contributed by atoms with van der Waals surface area (Å²) in [6.07, 6.45) is 9.30. The summed E-state index contributed by atoms with van der Waals surface area (Å²) in [5.74, 6) is 0.550. The summed E-state index contributed by atoms with van der Waals surface area (Å²) < 4.78 is 2.27. The van der Waals surface area contributed by atoms with Gasteiger partial charge in [0.05, 0.1) is 18.2 Å². The van der Waals surface area contributed by atoms with Crippen molar-refractivity contribution in [3.8, 4) is 11.3 Å². The van der Waals surface area contributed by atoms with Crippen LogP contribution in [0, 0.1) is 0 Å². The zero-order chi connectivity index (χ0) is 11.9. The first-order valence-corrected chi connectivity index (χ1v) is 5.94. The Morgan fingerprint density at radius 3 is 2.88 bits per heavy atom. The molecule has 0 amide bonds. The van der Waals surface area contributed by atoms with E-state index in [0.717, 1.165) is 11.3 Å². The van der Waals surface area contributed by atoms with Crippen LogP contribution in [0.3, 0.4) is 0 Å². The Morgan fingerprint density at radius 1 is 1.41 bits per heavy atom. The highest BCUT2D eigenvalue weighted by atomic mass is 15.1. The Hall–Kier alpha value is -1.84. The lowest BCUT2D eigenvalue weighted by Gasteiger charge is -2.40. The van der Waals surface area contributed by atoms with Crippen LogP contribution in [0.2, 0.25) is 0 Å². The van der Waals surface area contributed by atoms with E-state index in [1.807, 2.05) is 24.7 Å². The summed E-state index contributed by atoms with van der Waals surface area (Å²) in [4.78, 5) is 8.30. The van der Waals surface area contributed by atoms with Crippen LogP contribution in [0.5, 0.6) is 0 Å². The molecule has 1 aliphatic carbocycles. The summed E-state index contributed by atoms with van der Waals surface area (Å²) in [7, 11) is 0. The normalized spacial score (nSPS) is 17.7. The van der Waals surface area contributed by atoms with Gasteiger partial charge in [-0.25, -0.2) is 9.97 Å². The Bertz CT molecular complexity index is 540. The molecule has 0 unspecified atom stereocenters. The molecule has 1 fully saturated rings. The van der Waals surface area contributed by atoms with Crippen molar-refractivity contribution in [3.63, 3.8) is 0 Å². The maximum Gasteiger partial charge on any atom is 0.123 e. The lowest BCUT2D eigenvalue weighted by atomic mass is 9.78. The van der Waals surface area contributed by atoms with E-state index in [1.54, 1.807) is 6.20 Å². The molecule has 0 spiro atoms. The van der Waals surface area contributed by atoms with Crippen molar-refractivity contribution in [2.24, 2.45) is 0 Å². The van der Waals surface area contributed by atoms with Gasteiger partial charge >= 0.3 is 0 Å². The number of anilines is 1. The van der Waals surface area contributed by atoms with Gasteiger partial charge in [0, 0.05) is 17.3 Å². The number of nitrogens with two attached hydrogens (primary N) is 1.